The lowest BCUT2D eigenvalue weighted by atomic mass is 9.86. The molecule has 12 heavy (non-hydrogen) atoms. The highest BCUT2D eigenvalue weighted by atomic mass is 15.2. The maximum atomic E-state index is 2.60. The zero-order valence-electron chi connectivity index (χ0n) is 9.01. The van der Waals surface area contributed by atoms with Crippen LogP contribution in [0.25, 0.3) is 0 Å². The average molecular weight is 169 g/mol. The van der Waals surface area contributed by atoms with Crippen LogP contribution in [-0.2, 0) is 0 Å². The summed E-state index contributed by atoms with van der Waals surface area (Å²) in [4.78, 5) is 2.60. The van der Waals surface area contributed by atoms with Crippen LogP contribution in [0.15, 0.2) is 0 Å². The number of nitrogens with zero attached hydrogens (tertiary/aromatic N) is 1. The summed E-state index contributed by atoms with van der Waals surface area (Å²) in [6.45, 7) is 7.02. The Kier molecular flexibility index (Phi) is 3.57. The molecule has 0 N–H and O–H groups in total. The van der Waals surface area contributed by atoms with E-state index in [2.05, 4.69) is 32.7 Å². The first-order valence-electron chi connectivity index (χ1n) is 5.40. The van der Waals surface area contributed by atoms with E-state index in [1.807, 2.05) is 0 Å². The smallest absolute Gasteiger partial charge is 0.00950 e. The zero-order chi connectivity index (χ0) is 9.14. The van der Waals surface area contributed by atoms with Gasteiger partial charge in [-0.05, 0) is 38.6 Å². The van der Waals surface area contributed by atoms with E-state index in [9.17, 15) is 0 Å². The first-order chi connectivity index (χ1) is 5.69. The fourth-order valence-electron chi connectivity index (χ4n) is 2.57. The summed E-state index contributed by atoms with van der Waals surface area (Å²) < 4.78 is 0. The second kappa shape index (κ2) is 4.27. The Labute approximate surface area is 77.1 Å². The SMILES string of the molecule is CCC1CC(C)CC(CC)N1C. The summed E-state index contributed by atoms with van der Waals surface area (Å²) >= 11 is 0. The maximum absolute atomic E-state index is 2.60. The van der Waals surface area contributed by atoms with Gasteiger partial charge >= 0.3 is 0 Å². The van der Waals surface area contributed by atoms with Crippen molar-refractivity contribution in [1.29, 1.82) is 0 Å². The molecule has 1 aliphatic heterocycles. The predicted molar refractivity (Wildman–Crippen MR) is 54.3 cm³/mol. The van der Waals surface area contributed by atoms with Crippen molar-refractivity contribution in [3.05, 3.63) is 0 Å². The molecule has 0 aromatic heterocycles. The van der Waals surface area contributed by atoms with Crippen LogP contribution >= 0.6 is 0 Å². The molecule has 0 amide bonds. The van der Waals surface area contributed by atoms with Gasteiger partial charge in [0, 0.05) is 12.1 Å². The fraction of sp³-hybridized carbons (Fsp3) is 1.00. The highest BCUT2D eigenvalue weighted by molar-refractivity contribution is 4.83. The van der Waals surface area contributed by atoms with Crippen LogP contribution in [0.3, 0.4) is 0 Å². The average Bonchev–Trinajstić information content (AvgIpc) is 2.08. The number of hydrogen-bond donors (Lipinski definition) is 0. The second-order valence-corrected chi connectivity index (χ2v) is 4.37. The quantitative estimate of drug-likeness (QED) is 0.614. The Bertz CT molecular complexity index is 119. The molecule has 0 aromatic rings. The van der Waals surface area contributed by atoms with Gasteiger partial charge in [0.2, 0.25) is 0 Å². The Morgan fingerprint density at radius 3 is 1.83 bits per heavy atom. The Morgan fingerprint density at radius 1 is 1.08 bits per heavy atom. The molecule has 72 valence electrons. The molecule has 1 fully saturated rings. The third-order valence-corrected chi connectivity index (χ3v) is 3.44. The monoisotopic (exact) mass is 169 g/mol. The molecule has 1 saturated heterocycles. The molecule has 0 saturated carbocycles. The lowest BCUT2D eigenvalue weighted by molar-refractivity contribution is 0.0786. The number of rotatable bonds is 2. The summed E-state index contributed by atoms with van der Waals surface area (Å²) in [6, 6.07) is 1.69. The van der Waals surface area contributed by atoms with Crippen LogP contribution < -0.4 is 0 Å². The summed E-state index contributed by atoms with van der Waals surface area (Å²) in [5, 5.41) is 0. The minimum atomic E-state index is 0.846. The standard InChI is InChI=1S/C11H23N/c1-5-10-7-9(3)8-11(6-2)12(10)4/h9-11H,5-8H2,1-4H3. The largest absolute Gasteiger partial charge is 0.300 e. The zero-order valence-corrected chi connectivity index (χ0v) is 9.01. The molecule has 0 aliphatic carbocycles. The van der Waals surface area contributed by atoms with Crippen LogP contribution in [0.5, 0.6) is 0 Å². The predicted octanol–water partition coefficient (Wildman–Crippen LogP) is 2.91. The van der Waals surface area contributed by atoms with E-state index in [1.165, 1.54) is 25.7 Å². The van der Waals surface area contributed by atoms with Crippen molar-refractivity contribution < 1.29 is 0 Å². The lowest BCUT2D eigenvalue weighted by Gasteiger charge is -2.42. The normalized spacial score (nSPS) is 38.5. The van der Waals surface area contributed by atoms with Crippen LogP contribution in [0.1, 0.15) is 46.5 Å². The number of likely N-dealkylation sites (tertiary alicyclic amines) is 1. The Hall–Kier alpha value is -0.0400. The lowest BCUT2D eigenvalue weighted by Crippen LogP contribution is -2.45. The summed E-state index contributed by atoms with van der Waals surface area (Å²) in [7, 11) is 2.30. The Morgan fingerprint density at radius 2 is 1.50 bits per heavy atom. The molecule has 0 radical (unpaired) electrons. The minimum Gasteiger partial charge on any atom is -0.300 e. The topological polar surface area (TPSA) is 3.24 Å². The van der Waals surface area contributed by atoms with E-state index in [0.717, 1.165) is 18.0 Å². The van der Waals surface area contributed by atoms with Gasteiger partial charge in [0.1, 0.15) is 0 Å². The number of hydrogen-bond acceptors (Lipinski definition) is 1. The van der Waals surface area contributed by atoms with Gasteiger partial charge in [-0.2, -0.15) is 0 Å². The van der Waals surface area contributed by atoms with E-state index >= 15 is 0 Å². The third-order valence-electron chi connectivity index (χ3n) is 3.44. The number of piperidine rings is 1. The van der Waals surface area contributed by atoms with Crippen molar-refractivity contribution in [3.8, 4) is 0 Å². The molecule has 1 heteroatoms. The highest BCUT2D eigenvalue weighted by Gasteiger charge is 2.28. The molecule has 0 spiro atoms. The van der Waals surface area contributed by atoms with Gasteiger partial charge in [0.25, 0.3) is 0 Å². The van der Waals surface area contributed by atoms with Gasteiger partial charge in [0.15, 0.2) is 0 Å². The van der Waals surface area contributed by atoms with Crippen LogP contribution in [0.2, 0.25) is 0 Å². The van der Waals surface area contributed by atoms with Gasteiger partial charge in [-0.15, -0.1) is 0 Å². The van der Waals surface area contributed by atoms with Crippen molar-refractivity contribution in [3.63, 3.8) is 0 Å². The second-order valence-electron chi connectivity index (χ2n) is 4.37. The fourth-order valence-corrected chi connectivity index (χ4v) is 2.57. The van der Waals surface area contributed by atoms with E-state index < -0.39 is 0 Å². The summed E-state index contributed by atoms with van der Waals surface area (Å²) in [5.41, 5.74) is 0. The molecule has 2 atom stereocenters. The molecular weight excluding hydrogens is 146 g/mol. The van der Waals surface area contributed by atoms with E-state index in [0.29, 0.717) is 0 Å². The first kappa shape index (κ1) is 10.0. The van der Waals surface area contributed by atoms with Gasteiger partial charge in [-0.3, -0.25) is 0 Å². The van der Waals surface area contributed by atoms with Gasteiger partial charge in [-0.25, -0.2) is 0 Å². The molecule has 2 unspecified atom stereocenters. The highest BCUT2D eigenvalue weighted by Crippen LogP contribution is 2.29. The van der Waals surface area contributed by atoms with Crippen molar-refractivity contribution in [2.75, 3.05) is 7.05 Å². The van der Waals surface area contributed by atoms with Gasteiger partial charge < -0.3 is 4.90 Å². The third kappa shape index (κ3) is 2.01. The van der Waals surface area contributed by atoms with Crippen molar-refractivity contribution >= 4 is 0 Å². The summed E-state index contributed by atoms with van der Waals surface area (Å²) in [5.74, 6) is 0.941. The molecule has 1 rings (SSSR count). The Balaban J connectivity index is 2.55. The van der Waals surface area contributed by atoms with Crippen molar-refractivity contribution in [2.24, 2.45) is 5.92 Å². The molecule has 1 nitrogen and oxygen atoms in total. The molecule has 0 aromatic carbocycles. The molecule has 1 heterocycles. The minimum absolute atomic E-state index is 0.846. The van der Waals surface area contributed by atoms with Crippen LogP contribution in [0, 0.1) is 5.92 Å². The van der Waals surface area contributed by atoms with E-state index in [-0.39, 0.29) is 0 Å². The van der Waals surface area contributed by atoms with Gasteiger partial charge in [-0.1, -0.05) is 20.8 Å². The summed E-state index contributed by atoms with van der Waals surface area (Å²) in [6.07, 6.45) is 5.45. The van der Waals surface area contributed by atoms with Crippen LogP contribution in [0.4, 0.5) is 0 Å². The molecule has 0 bridgehead atoms. The van der Waals surface area contributed by atoms with Gasteiger partial charge in [0.05, 0.1) is 0 Å². The maximum Gasteiger partial charge on any atom is 0.00950 e. The van der Waals surface area contributed by atoms with E-state index in [4.69, 9.17) is 0 Å². The van der Waals surface area contributed by atoms with Crippen LogP contribution in [-0.4, -0.2) is 24.0 Å². The molecular formula is C11H23N. The van der Waals surface area contributed by atoms with Crippen molar-refractivity contribution in [2.45, 2.75) is 58.5 Å². The molecule has 1 aliphatic rings. The van der Waals surface area contributed by atoms with Crippen molar-refractivity contribution in [1.82, 2.24) is 4.90 Å². The first-order valence-corrected chi connectivity index (χ1v) is 5.40. The van der Waals surface area contributed by atoms with E-state index in [1.54, 1.807) is 0 Å².